The zero-order valence-corrected chi connectivity index (χ0v) is 18.1. The first-order valence-electron chi connectivity index (χ1n) is 10.5. The van der Waals surface area contributed by atoms with Gasteiger partial charge in [-0.2, -0.15) is 5.10 Å². The Morgan fingerprint density at radius 1 is 1.16 bits per heavy atom. The maximum Gasteiger partial charge on any atom is 0.227 e. The molecule has 1 saturated heterocycles. The lowest BCUT2D eigenvalue weighted by Crippen LogP contribution is -2.30. The first kappa shape index (κ1) is 21.2. The van der Waals surface area contributed by atoms with Gasteiger partial charge in [-0.1, -0.05) is 18.2 Å². The van der Waals surface area contributed by atoms with E-state index in [-0.39, 0.29) is 23.1 Å². The Labute approximate surface area is 186 Å². The molecule has 4 rings (SSSR count). The van der Waals surface area contributed by atoms with Crippen LogP contribution in [0.25, 0.3) is 11.4 Å². The lowest BCUT2D eigenvalue weighted by molar-refractivity contribution is -0.117. The zero-order valence-electron chi connectivity index (χ0n) is 18.1. The molecule has 1 fully saturated rings. The standard InChI is InChI=1S/C25H25N5O2/c1-17-16-20(30-18(2)8-11-24(30)32)9-10-22(17)29-15-13-23(31)25(28-29)21(12-14-26)27-19-6-4-3-5-7-19/h3-7,9-10,12-16,18,26-27H,8,11H2,1-2H3/b21-12-,26-14?. The molecule has 1 aromatic heterocycles. The highest BCUT2D eigenvalue weighted by Crippen LogP contribution is 2.29. The van der Waals surface area contributed by atoms with Crippen molar-refractivity contribution in [1.82, 2.24) is 9.78 Å². The number of aromatic nitrogens is 2. The van der Waals surface area contributed by atoms with Crippen LogP contribution >= 0.6 is 0 Å². The SMILES string of the molecule is Cc1cc(N2C(=O)CCC2C)ccc1-n1ccc(=O)c(/C(=C/C=N)Nc2ccccc2)n1. The molecule has 1 aliphatic rings. The molecular formula is C25H25N5O2. The van der Waals surface area contributed by atoms with E-state index in [1.165, 1.54) is 12.1 Å². The molecule has 1 unspecified atom stereocenters. The Balaban J connectivity index is 1.70. The quantitative estimate of drug-likeness (QED) is 0.578. The van der Waals surface area contributed by atoms with E-state index in [0.717, 1.165) is 35.3 Å². The van der Waals surface area contributed by atoms with Gasteiger partial charge < -0.3 is 15.6 Å². The van der Waals surface area contributed by atoms with E-state index in [9.17, 15) is 9.59 Å². The number of benzene rings is 2. The fraction of sp³-hybridized carbons (Fsp3) is 0.200. The summed E-state index contributed by atoms with van der Waals surface area (Å²) in [6, 6.07) is 16.9. The third kappa shape index (κ3) is 4.23. The lowest BCUT2D eigenvalue weighted by atomic mass is 10.1. The highest BCUT2D eigenvalue weighted by atomic mass is 16.2. The number of aryl methyl sites for hydroxylation is 1. The number of rotatable bonds is 6. The summed E-state index contributed by atoms with van der Waals surface area (Å²) in [4.78, 5) is 26.7. The Hall–Kier alpha value is -4.00. The van der Waals surface area contributed by atoms with Gasteiger partial charge >= 0.3 is 0 Å². The molecule has 2 N–H and O–H groups in total. The highest BCUT2D eigenvalue weighted by Gasteiger charge is 2.29. The van der Waals surface area contributed by atoms with Crippen LogP contribution in [0.2, 0.25) is 0 Å². The van der Waals surface area contributed by atoms with E-state index < -0.39 is 0 Å². The van der Waals surface area contributed by atoms with Crippen LogP contribution in [-0.2, 0) is 4.79 Å². The summed E-state index contributed by atoms with van der Waals surface area (Å²) >= 11 is 0. The van der Waals surface area contributed by atoms with E-state index in [1.807, 2.05) is 60.4 Å². The largest absolute Gasteiger partial charge is 0.354 e. The number of carbonyl (C=O) groups is 1. The average Bonchev–Trinajstić information content (AvgIpc) is 3.12. The van der Waals surface area contributed by atoms with Gasteiger partial charge in [0.2, 0.25) is 11.3 Å². The normalized spacial score (nSPS) is 16.3. The molecule has 1 aliphatic heterocycles. The van der Waals surface area contributed by atoms with Crippen LogP contribution in [0.1, 0.15) is 31.0 Å². The third-order valence-electron chi connectivity index (χ3n) is 5.56. The second-order valence-corrected chi connectivity index (χ2v) is 7.83. The van der Waals surface area contributed by atoms with Gasteiger partial charge in [0.05, 0.1) is 11.4 Å². The highest BCUT2D eigenvalue weighted by molar-refractivity contribution is 5.96. The van der Waals surface area contributed by atoms with Crippen molar-refractivity contribution in [2.24, 2.45) is 0 Å². The van der Waals surface area contributed by atoms with Crippen LogP contribution < -0.4 is 15.6 Å². The summed E-state index contributed by atoms with van der Waals surface area (Å²) in [5, 5.41) is 15.2. The maximum atomic E-state index is 12.6. The van der Waals surface area contributed by atoms with Crippen molar-refractivity contribution in [1.29, 1.82) is 5.41 Å². The number of amides is 1. The van der Waals surface area contributed by atoms with Crippen molar-refractivity contribution in [2.75, 3.05) is 10.2 Å². The van der Waals surface area contributed by atoms with Crippen molar-refractivity contribution in [3.8, 4) is 5.69 Å². The molecule has 0 saturated carbocycles. The van der Waals surface area contributed by atoms with Crippen molar-refractivity contribution >= 4 is 29.2 Å². The Morgan fingerprint density at radius 3 is 2.59 bits per heavy atom. The van der Waals surface area contributed by atoms with Gasteiger partial charge in [0.25, 0.3) is 0 Å². The fourth-order valence-electron chi connectivity index (χ4n) is 3.94. The van der Waals surface area contributed by atoms with E-state index in [4.69, 9.17) is 5.41 Å². The second kappa shape index (κ2) is 9.01. The van der Waals surface area contributed by atoms with Crippen LogP contribution in [-0.4, -0.2) is 27.9 Å². The predicted octanol–water partition coefficient (Wildman–Crippen LogP) is 4.16. The number of hydrogen-bond acceptors (Lipinski definition) is 5. The van der Waals surface area contributed by atoms with Crippen molar-refractivity contribution in [2.45, 2.75) is 32.7 Å². The van der Waals surface area contributed by atoms with Crippen LogP contribution in [0.5, 0.6) is 0 Å². The predicted molar refractivity (Wildman–Crippen MR) is 128 cm³/mol. The summed E-state index contributed by atoms with van der Waals surface area (Å²) in [6.45, 7) is 4.01. The van der Waals surface area contributed by atoms with Crippen LogP contribution in [0.4, 0.5) is 11.4 Å². The third-order valence-corrected chi connectivity index (χ3v) is 5.56. The van der Waals surface area contributed by atoms with E-state index in [0.29, 0.717) is 12.1 Å². The fourth-order valence-corrected chi connectivity index (χ4v) is 3.94. The molecule has 0 spiro atoms. The molecule has 162 valence electrons. The summed E-state index contributed by atoms with van der Waals surface area (Å²) in [6.07, 6.45) is 5.70. The lowest BCUT2D eigenvalue weighted by Gasteiger charge is -2.23. The van der Waals surface area contributed by atoms with Gasteiger partial charge in [-0.3, -0.25) is 9.59 Å². The van der Waals surface area contributed by atoms with Crippen LogP contribution in [0.15, 0.2) is 71.7 Å². The number of para-hydroxylation sites is 1. The molecule has 1 atom stereocenters. The monoisotopic (exact) mass is 427 g/mol. The van der Waals surface area contributed by atoms with E-state index in [2.05, 4.69) is 17.3 Å². The molecule has 0 aliphatic carbocycles. The van der Waals surface area contributed by atoms with Gasteiger partial charge in [0.15, 0.2) is 5.69 Å². The van der Waals surface area contributed by atoms with E-state index >= 15 is 0 Å². The molecule has 2 aromatic carbocycles. The van der Waals surface area contributed by atoms with Crippen molar-refractivity contribution in [3.63, 3.8) is 0 Å². The minimum atomic E-state index is -0.247. The topological polar surface area (TPSA) is 91.1 Å². The van der Waals surface area contributed by atoms with Gasteiger partial charge in [-0.15, -0.1) is 0 Å². The smallest absolute Gasteiger partial charge is 0.227 e. The first-order valence-corrected chi connectivity index (χ1v) is 10.5. The average molecular weight is 428 g/mol. The number of carbonyl (C=O) groups excluding carboxylic acids is 1. The minimum absolute atomic E-state index is 0.141. The minimum Gasteiger partial charge on any atom is -0.354 e. The van der Waals surface area contributed by atoms with Crippen molar-refractivity contribution in [3.05, 3.63) is 88.4 Å². The summed E-state index contributed by atoms with van der Waals surface area (Å²) < 4.78 is 1.65. The Morgan fingerprint density at radius 2 is 1.94 bits per heavy atom. The molecule has 7 nitrogen and oxygen atoms in total. The molecule has 3 aromatic rings. The zero-order chi connectivity index (χ0) is 22.7. The number of hydrogen-bond donors (Lipinski definition) is 2. The molecule has 7 heteroatoms. The summed E-state index contributed by atoms with van der Waals surface area (Å²) in [5.74, 6) is 0.141. The van der Waals surface area contributed by atoms with Crippen LogP contribution in [0, 0.1) is 12.3 Å². The van der Waals surface area contributed by atoms with Crippen LogP contribution in [0.3, 0.4) is 0 Å². The number of nitrogens with one attached hydrogen (secondary N) is 2. The molecule has 32 heavy (non-hydrogen) atoms. The van der Waals surface area contributed by atoms with Gasteiger partial charge in [0, 0.05) is 42.3 Å². The molecule has 0 radical (unpaired) electrons. The molecule has 2 heterocycles. The first-order chi connectivity index (χ1) is 15.5. The molecule has 1 amide bonds. The van der Waals surface area contributed by atoms with E-state index in [1.54, 1.807) is 10.9 Å². The molecule has 0 bridgehead atoms. The van der Waals surface area contributed by atoms with Gasteiger partial charge in [0.1, 0.15) is 0 Å². The number of anilines is 2. The molecular weight excluding hydrogens is 402 g/mol. The van der Waals surface area contributed by atoms with Gasteiger partial charge in [-0.25, -0.2) is 4.68 Å². The Kier molecular flexibility index (Phi) is 5.98. The van der Waals surface area contributed by atoms with Crippen molar-refractivity contribution < 1.29 is 4.79 Å². The van der Waals surface area contributed by atoms with Gasteiger partial charge in [-0.05, 0) is 62.2 Å². The summed E-state index contributed by atoms with van der Waals surface area (Å²) in [5.41, 5.74) is 3.82. The number of nitrogens with zero attached hydrogens (tertiary/aromatic N) is 3. The summed E-state index contributed by atoms with van der Waals surface area (Å²) in [7, 11) is 0. The number of allylic oxidation sites excluding steroid dienone is 1. The Bertz CT molecular complexity index is 1250. The second-order valence-electron chi connectivity index (χ2n) is 7.83. The maximum absolute atomic E-state index is 12.6.